The van der Waals surface area contributed by atoms with Gasteiger partial charge in [0.05, 0.1) is 11.4 Å². The summed E-state index contributed by atoms with van der Waals surface area (Å²) in [6.07, 6.45) is -2.33. The molecule has 0 atom stereocenters. The lowest BCUT2D eigenvalue weighted by atomic mass is 10.3. The standard InChI is InChI=1S/C9H15F3N2S/c10-9(11,12)4-6-14(7-1-2-7)5-3-8(13)15/h7H,1-6H2,(H2,13,15). The highest BCUT2D eigenvalue weighted by atomic mass is 32.1. The van der Waals surface area contributed by atoms with E-state index in [4.69, 9.17) is 18.0 Å². The van der Waals surface area contributed by atoms with Gasteiger partial charge in [-0.05, 0) is 12.8 Å². The molecule has 0 saturated heterocycles. The first-order chi connectivity index (χ1) is 6.88. The Bertz CT molecular complexity index is 226. The molecule has 0 radical (unpaired) electrons. The Morgan fingerprint density at radius 3 is 2.33 bits per heavy atom. The van der Waals surface area contributed by atoms with Gasteiger partial charge in [0.1, 0.15) is 0 Å². The van der Waals surface area contributed by atoms with E-state index >= 15 is 0 Å². The van der Waals surface area contributed by atoms with Crippen molar-refractivity contribution in [3.63, 3.8) is 0 Å². The molecule has 0 aromatic heterocycles. The number of halogens is 3. The van der Waals surface area contributed by atoms with Crippen LogP contribution in [0, 0.1) is 0 Å². The van der Waals surface area contributed by atoms with Gasteiger partial charge in [0, 0.05) is 25.6 Å². The summed E-state index contributed by atoms with van der Waals surface area (Å²) in [7, 11) is 0. The molecule has 0 heterocycles. The molecule has 0 spiro atoms. The molecule has 1 rings (SSSR count). The van der Waals surface area contributed by atoms with Crippen LogP contribution in [-0.4, -0.2) is 35.2 Å². The first kappa shape index (κ1) is 12.7. The molecule has 0 unspecified atom stereocenters. The third kappa shape index (κ3) is 5.94. The smallest absolute Gasteiger partial charge is 0.390 e. The molecule has 0 aliphatic heterocycles. The Labute approximate surface area is 92.6 Å². The van der Waals surface area contributed by atoms with Gasteiger partial charge in [-0.15, -0.1) is 0 Å². The largest absolute Gasteiger partial charge is 0.393 e. The lowest BCUT2D eigenvalue weighted by Crippen LogP contribution is -2.32. The van der Waals surface area contributed by atoms with Crippen molar-refractivity contribution in [2.24, 2.45) is 5.73 Å². The van der Waals surface area contributed by atoms with Gasteiger partial charge in [0.25, 0.3) is 0 Å². The van der Waals surface area contributed by atoms with Crippen LogP contribution in [0.25, 0.3) is 0 Å². The molecule has 0 bridgehead atoms. The summed E-state index contributed by atoms with van der Waals surface area (Å²) in [6.45, 7) is 0.618. The molecule has 88 valence electrons. The molecule has 0 amide bonds. The van der Waals surface area contributed by atoms with Crippen LogP contribution in [0.3, 0.4) is 0 Å². The number of alkyl halides is 3. The van der Waals surface area contributed by atoms with E-state index in [0.717, 1.165) is 12.8 Å². The highest BCUT2D eigenvalue weighted by Crippen LogP contribution is 2.29. The molecular formula is C9H15F3N2S. The maximum Gasteiger partial charge on any atom is 0.390 e. The molecule has 1 aliphatic carbocycles. The second-order valence-electron chi connectivity index (χ2n) is 3.85. The number of rotatable bonds is 6. The molecule has 2 nitrogen and oxygen atoms in total. The summed E-state index contributed by atoms with van der Waals surface area (Å²) in [5.74, 6) is 0. The average molecular weight is 240 g/mol. The van der Waals surface area contributed by atoms with Crippen molar-refractivity contribution < 1.29 is 13.2 Å². The summed E-state index contributed by atoms with van der Waals surface area (Å²) >= 11 is 4.71. The summed E-state index contributed by atoms with van der Waals surface area (Å²) in [5.41, 5.74) is 5.33. The Kier molecular flexibility index (Phi) is 4.33. The van der Waals surface area contributed by atoms with Crippen molar-refractivity contribution in [1.82, 2.24) is 4.90 Å². The summed E-state index contributed by atoms with van der Waals surface area (Å²) < 4.78 is 36.1. The van der Waals surface area contributed by atoms with Gasteiger partial charge in [-0.1, -0.05) is 12.2 Å². The van der Waals surface area contributed by atoms with Gasteiger partial charge in [-0.25, -0.2) is 0 Å². The van der Waals surface area contributed by atoms with Crippen LogP contribution in [0.2, 0.25) is 0 Å². The monoisotopic (exact) mass is 240 g/mol. The Hall–Kier alpha value is -0.360. The van der Waals surface area contributed by atoms with Crippen molar-refractivity contribution in [1.29, 1.82) is 0 Å². The van der Waals surface area contributed by atoms with Crippen LogP contribution in [0.5, 0.6) is 0 Å². The highest BCUT2D eigenvalue weighted by molar-refractivity contribution is 7.80. The second kappa shape index (κ2) is 5.12. The van der Waals surface area contributed by atoms with Gasteiger partial charge in [0.15, 0.2) is 0 Å². The van der Waals surface area contributed by atoms with E-state index in [2.05, 4.69) is 0 Å². The summed E-state index contributed by atoms with van der Waals surface area (Å²) in [6, 6.07) is 0.321. The highest BCUT2D eigenvalue weighted by Gasteiger charge is 2.33. The minimum absolute atomic E-state index is 0.0663. The minimum atomic E-state index is -4.07. The molecule has 15 heavy (non-hydrogen) atoms. The quantitative estimate of drug-likeness (QED) is 0.721. The molecule has 0 aromatic rings. The topological polar surface area (TPSA) is 29.3 Å². The van der Waals surface area contributed by atoms with Gasteiger partial charge in [-0.2, -0.15) is 13.2 Å². The zero-order chi connectivity index (χ0) is 11.5. The van der Waals surface area contributed by atoms with E-state index in [1.54, 1.807) is 0 Å². The number of hydrogen-bond acceptors (Lipinski definition) is 2. The normalized spacial score (nSPS) is 17.1. The van der Waals surface area contributed by atoms with Crippen LogP contribution in [0.15, 0.2) is 0 Å². The fourth-order valence-corrected chi connectivity index (χ4v) is 1.53. The zero-order valence-electron chi connectivity index (χ0n) is 8.39. The lowest BCUT2D eigenvalue weighted by Gasteiger charge is -2.22. The van der Waals surface area contributed by atoms with Crippen molar-refractivity contribution in [2.45, 2.75) is 37.9 Å². The van der Waals surface area contributed by atoms with Crippen LogP contribution in [-0.2, 0) is 0 Å². The number of nitrogens with two attached hydrogens (primary N) is 1. The van der Waals surface area contributed by atoms with Gasteiger partial charge in [-0.3, -0.25) is 4.90 Å². The van der Waals surface area contributed by atoms with Crippen molar-refractivity contribution >= 4 is 17.2 Å². The molecule has 1 saturated carbocycles. The predicted octanol–water partition coefficient (Wildman–Crippen LogP) is 2.08. The Balaban J connectivity index is 2.27. The van der Waals surface area contributed by atoms with E-state index in [1.807, 2.05) is 4.90 Å². The minimum Gasteiger partial charge on any atom is -0.393 e. The van der Waals surface area contributed by atoms with E-state index in [1.165, 1.54) is 0 Å². The zero-order valence-corrected chi connectivity index (χ0v) is 9.20. The predicted molar refractivity (Wildman–Crippen MR) is 56.7 cm³/mol. The van der Waals surface area contributed by atoms with Gasteiger partial charge < -0.3 is 5.73 Å². The first-order valence-electron chi connectivity index (χ1n) is 4.97. The van der Waals surface area contributed by atoms with Crippen LogP contribution >= 0.6 is 12.2 Å². The van der Waals surface area contributed by atoms with Gasteiger partial charge >= 0.3 is 6.18 Å². The van der Waals surface area contributed by atoms with Crippen molar-refractivity contribution in [3.8, 4) is 0 Å². The van der Waals surface area contributed by atoms with Crippen molar-refractivity contribution in [3.05, 3.63) is 0 Å². The summed E-state index contributed by atoms with van der Waals surface area (Å²) in [4.78, 5) is 2.21. The molecule has 6 heteroatoms. The number of nitrogens with zero attached hydrogens (tertiary/aromatic N) is 1. The van der Waals surface area contributed by atoms with Crippen LogP contribution in [0.4, 0.5) is 13.2 Å². The molecule has 2 N–H and O–H groups in total. The Morgan fingerprint density at radius 1 is 1.33 bits per heavy atom. The van der Waals surface area contributed by atoms with E-state index in [0.29, 0.717) is 24.0 Å². The maximum absolute atomic E-state index is 12.0. The fourth-order valence-electron chi connectivity index (χ4n) is 1.44. The fraction of sp³-hybridized carbons (Fsp3) is 0.889. The maximum atomic E-state index is 12.0. The van der Waals surface area contributed by atoms with Gasteiger partial charge in [0.2, 0.25) is 0 Å². The molecule has 0 aromatic carbocycles. The second-order valence-corrected chi connectivity index (χ2v) is 4.37. The number of thiocarbonyl (C=S) groups is 1. The van der Waals surface area contributed by atoms with E-state index in [-0.39, 0.29) is 6.54 Å². The van der Waals surface area contributed by atoms with E-state index < -0.39 is 12.6 Å². The SMILES string of the molecule is NC(=S)CCN(CCC(F)(F)F)C1CC1. The summed E-state index contributed by atoms with van der Waals surface area (Å²) in [5, 5.41) is 0. The van der Waals surface area contributed by atoms with Crippen LogP contribution in [0.1, 0.15) is 25.7 Å². The molecular weight excluding hydrogens is 225 g/mol. The molecule has 1 fully saturated rings. The third-order valence-corrected chi connectivity index (χ3v) is 2.60. The first-order valence-corrected chi connectivity index (χ1v) is 5.38. The Morgan fingerprint density at radius 2 is 1.93 bits per heavy atom. The van der Waals surface area contributed by atoms with E-state index in [9.17, 15) is 13.2 Å². The number of hydrogen-bond donors (Lipinski definition) is 1. The molecule has 1 aliphatic rings. The average Bonchev–Trinajstić information content (AvgIpc) is 2.85. The lowest BCUT2D eigenvalue weighted by molar-refractivity contribution is -0.138. The van der Waals surface area contributed by atoms with Crippen LogP contribution < -0.4 is 5.73 Å². The third-order valence-electron chi connectivity index (χ3n) is 2.39. The van der Waals surface area contributed by atoms with Crippen molar-refractivity contribution in [2.75, 3.05) is 13.1 Å².